The molecule has 1 aliphatic heterocycles. The number of hydrogen-bond donors (Lipinski definition) is 3. The summed E-state index contributed by atoms with van der Waals surface area (Å²) in [4.78, 5) is 23.9. The lowest BCUT2D eigenvalue weighted by Gasteiger charge is -2.25. The van der Waals surface area contributed by atoms with E-state index < -0.39 is 11.6 Å². The van der Waals surface area contributed by atoms with E-state index in [2.05, 4.69) is 25.8 Å². The highest BCUT2D eigenvalue weighted by Crippen LogP contribution is 2.23. The van der Waals surface area contributed by atoms with Gasteiger partial charge in [0.1, 0.15) is 17.0 Å². The van der Waals surface area contributed by atoms with Crippen LogP contribution >= 0.6 is 0 Å². The second-order valence-corrected chi connectivity index (χ2v) is 6.93. The number of carboxylic acid groups (broad SMARTS) is 1. The Labute approximate surface area is 171 Å². The van der Waals surface area contributed by atoms with Gasteiger partial charge in [-0.15, -0.1) is 5.10 Å². The maximum absolute atomic E-state index is 12.7. The van der Waals surface area contributed by atoms with E-state index in [0.29, 0.717) is 43.1 Å². The van der Waals surface area contributed by atoms with Gasteiger partial charge in [-0.25, -0.2) is 9.48 Å². The van der Waals surface area contributed by atoms with Gasteiger partial charge in [0.15, 0.2) is 0 Å². The molecular weight excluding hydrogens is 392 g/mol. The van der Waals surface area contributed by atoms with Crippen molar-refractivity contribution in [2.75, 3.05) is 26.9 Å². The van der Waals surface area contributed by atoms with Crippen molar-refractivity contribution in [2.45, 2.75) is 12.0 Å². The molecule has 1 unspecified atom stereocenters. The summed E-state index contributed by atoms with van der Waals surface area (Å²) in [6.45, 7) is 1.31. The Kier molecular flexibility index (Phi) is 5.29. The molecule has 1 saturated heterocycles. The number of amides is 1. The highest BCUT2D eigenvalue weighted by molar-refractivity contribution is 5.98. The number of aromatic amines is 1. The molecule has 1 fully saturated rings. The standard InChI is InChI=1S/C19H20N6O5/c1-29-19(5-6-30-11-19)10-20-17(26)16-14(8-21-23-16)15-9-25(24-22-15)13-4-2-3-12(7-13)18(27)28/h2-4,7-9H,5-6,10-11H2,1H3,(H,20,26)(H,21,23)(H,27,28). The quantitative estimate of drug-likeness (QED) is 0.519. The van der Waals surface area contributed by atoms with Crippen LogP contribution in [0, 0.1) is 0 Å². The number of rotatable bonds is 7. The number of aromatic nitrogens is 5. The molecule has 156 valence electrons. The van der Waals surface area contributed by atoms with Gasteiger partial charge in [-0.2, -0.15) is 5.10 Å². The van der Waals surface area contributed by atoms with Crippen molar-refractivity contribution in [3.63, 3.8) is 0 Å². The van der Waals surface area contributed by atoms with E-state index >= 15 is 0 Å². The van der Waals surface area contributed by atoms with Gasteiger partial charge in [-0.1, -0.05) is 11.3 Å². The molecule has 30 heavy (non-hydrogen) atoms. The first kappa shape index (κ1) is 19.7. The number of benzene rings is 1. The van der Waals surface area contributed by atoms with E-state index in [4.69, 9.17) is 14.6 Å². The Bertz CT molecular complexity index is 1070. The molecule has 4 rings (SSSR count). The van der Waals surface area contributed by atoms with Crippen molar-refractivity contribution in [3.05, 3.63) is 47.9 Å². The van der Waals surface area contributed by atoms with Gasteiger partial charge in [-0.3, -0.25) is 9.89 Å². The van der Waals surface area contributed by atoms with Crippen LogP contribution < -0.4 is 5.32 Å². The van der Waals surface area contributed by atoms with E-state index in [1.807, 2.05) is 0 Å². The smallest absolute Gasteiger partial charge is 0.335 e. The monoisotopic (exact) mass is 412 g/mol. The summed E-state index contributed by atoms with van der Waals surface area (Å²) in [5, 5.41) is 26.8. The lowest BCUT2D eigenvalue weighted by molar-refractivity contribution is -0.0149. The van der Waals surface area contributed by atoms with Crippen LogP contribution in [0.5, 0.6) is 0 Å². The Balaban J connectivity index is 1.53. The minimum Gasteiger partial charge on any atom is -0.478 e. The van der Waals surface area contributed by atoms with Gasteiger partial charge in [-0.05, 0) is 18.2 Å². The van der Waals surface area contributed by atoms with Crippen molar-refractivity contribution in [3.8, 4) is 16.9 Å². The number of H-pyrrole nitrogens is 1. The molecule has 0 aliphatic carbocycles. The van der Waals surface area contributed by atoms with Crippen LogP contribution in [0.3, 0.4) is 0 Å². The molecule has 3 heterocycles. The number of carbonyl (C=O) groups excluding carboxylic acids is 1. The first-order valence-corrected chi connectivity index (χ1v) is 9.22. The zero-order valence-electron chi connectivity index (χ0n) is 16.2. The number of carboxylic acids is 1. The average Bonchev–Trinajstić information content (AvgIpc) is 3.52. The Morgan fingerprint density at radius 1 is 1.43 bits per heavy atom. The lowest BCUT2D eigenvalue weighted by Crippen LogP contribution is -2.45. The minimum absolute atomic E-state index is 0.135. The van der Waals surface area contributed by atoms with Crippen LogP contribution in [0.2, 0.25) is 0 Å². The largest absolute Gasteiger partial charge is 0.478 e. The fourth-order valence-electron chi connectivity index (χ4n) is 3.24. The highest BCUT2D eigenvalue weighted by Gasteiger charge is 2.35. The lowest BCUT2D eigenvalue weighted by atomic mass is 10.0. The minimum atomic E-state index is -1.03. The van der Waals surface area contributed by atoms with Gasteiger partial charge in [0.05, 0.1) is 35.8 Å². The fraction of sp³-hybridized carbons (Fsp3) is 0.316. The predicted molar refractivity (Wildman–Crippen MR) is 103 cm³/mol. The van der Waals surface area contributed by atoms with Crippen LogP contribution in [-0.4, -0.2) is 74.6 Å². The molecule has 1 aromatic carbocycles. The van der Waals surface area contributed by atoms with E-state index in [9.17, 15) is 9.59 Å². The first-order valence-electron chi connectivity index (χ1n) is 9.22. The number of methoxy groups -OCH3 is 1. The Morgan fingerprint density at radius 2 is 2.30 bits per heavy atom. The number of hydrogen-bond acceptors (Lipinski definition) is 7. The normalized spacial score (nSPS) is 18.4. The van der Waals surface area contributed by atoms with Crippen molar-refractivity contribution in [2.24, 2.45) is 0 Å². The summed E-state index contributed by atoms with van der Waals surface area (Å²) < 4.78 is 12.3. The molecule has 3 N–H and O–H groups in total. The predicted octanol–water partition coefficient (Wildman–Crippen LogP) is 0.891. The van der Waals surface area contributed by atoms with Crippen LogP contribution in [0.4, 0.5) is 0 Å². The third kappa shape index (κ3) is 3.80. The molecule has 2 aromatic heterocycles. The second kappa shape index (κ2) is 8.05. The maximum atomic E-state index is 12.7. The highest BCUT2D eigenvalue weighted by atomic mass is 16.5. The molecule has 3 aromatic rings. The summed E-state index contributed by atoms with van der Waals surface area (Å²) in [6, 6.07) is 6.30. The van der Waals surface area contributed by atoms with E-state index in [0.717, 1.165) is 0 Å². The van der Waals surface area contributed by atoms with E-state index in [1.165, 1.54) is 23.0 Å². The zero-order valence-corrected chi connectivity index (χ0v) is 16.2. The van der Waals surface area contributed by atoms with Gasteiger partial charge in [0.25, 0.3) is 5.91 Å². The van der Waals surface area contributed by atoms with Gasteiger partial charge < -0.3 is 19.9 Å². The third-order valence-corrected chi connectivity index (χ3v) is 5.06. The van der Waals surface area contributed by atoms with Gasteiger partial charge in [0.2, 0.25) is 0 Å². The molecule has 1 atom stereocenters. The zero-order chi connectivity index (χ0) is 21.1. The molecule has 11 heteroatoms. The maximum Gasteiger partial charge on any atom is 0.335 e. The number of nitrogens with zero attached hydrogens (tertiary/aromatic N) is 4. The van der Waals surface area contributed by atoms with Crippen LogP contribution in [0.1, 0.15) is 27.3 Å². The molecule has 1 amide bonds. The van der Waals surface area contributed by atoms with Crippen LogP contribution in [0.25, 0.3) is 16.9 Å². The SMILES string of the molecule is COC1(CNC(=O)c2[nH]ncc2-c2cn(-c3cccc(C(=O)O)c3)nn2)CCOC1. The number of carbonyl (C=O) groups is 2. The van der Waals surface area contributed by atoms with Crippen molar-refractivity contribution >= 4 is 11.9 Å². The summed E-state index contributed by atoms with van der Waals surface area (Å²) in [7, 11) is 1.60. The van der Waals surface area contributed by atoms with Crippen molar-refractivity contribution < 1.29 is 24.2 Å². The Hall–Kier alpha value is -3.57. The molecular formula is C19H20N6O5. The third-order valence-electron chi connectivity index (χ3n) is 5.06. The van der Waals surface area contributed by atoms with Crippen LogP contribution in [0.15, 0.2) is 36.7 Å². The summed E-state index contributed by atoms with van der Waals surface area (Å²) >= 11 is 0. The topological polar surface area (TPSA) is 144 Å². The molecule has 0 spiro atoms. The van der Waals surface area contributed by atoms with Gasteiger partial charge in [0, 0.05) is 26.7 Å². The van der Waals surface area contributed by atoms with E-state index in [1.54, 1.807) is 25.4 Å². The molecule has 1 aliphatic rings. The molecule has 0 saturated carbocycles. The average molecular weight is 412 g/mol. The van der Waals surface area contributed by atoms with Gasteiger partial charge >= 0.3 is 5.97 Å². The van der Waals surface area contributed by atoms with Crippen molar-refractivity contribution in [1.29, 1.82) is 0 Å². The van der Waals surface area contributed by atoms with Crippen LogP contribution in [-0.2, 0) is 9.47 Å². The number of ether oxygens (including phenoxy) is 2. The fourth-order valence-corrected chi connectivity index (χ4v) is 3.24. The Morgan fingerprint density at radius 3 is 3.03 bits per heavy atom. The molecule has 0 bridgehead atoms. The number of aromatic carboxylic acids is 1. The first-order chi connectivity index (χ1) is 14.5. The second-order valence-electron chi connectivity index (χ2n) is 6.93. The van der Waals surface area contributed by atoms with E-state index in [-0.39, 0.29) is 17.2 Å². The summed E-state index contributed by atoms with van der Waals surface area (Å²) in [5.41, 5.74) is 1.27. The molecule has 0 radical (unpaired) electrons. The van der Waals surface area contributed by atoms with Crippen molar-refractivity contribution in [1.82, 2.24) is 30.5 Å². The summed E-state index contributed by atoms with van der Waals surface area (Å²) in [6.07, 6.45) is 3.79. The summed E-state index contributed by atoms with van der Waals surface area (Å²) in [5.74, 6) is -1.39. The molecule has 11 nitrogen and oxygen atoms in total. The number of nitrogens with one attached hydrogen (secondary N) is 2.